The number of anilines is 2. The summed E-state index contributed by atoms with van der Waals surface area (Å²) in [5, 5.41) is 5.97. The first-order valence-corrected chi connectivity index (χ1v) is 10.9. The van der Waals surface area contributed by atoms with Crippen LogP contribution in [0.15, 0.2) is 53.9 Å². The molecule has 0 spiro atoms. The fraction of sp³-hybridized carbons (Fsp3) is 0.304. The Morgan fingerprint density at radius 1 is 1.14 bits per heavy atom. The number of amides is 1. The Morgan fingerprint density at radius 2 is 1.93 bits per heavy atom. The van der Waals surface area contributed by atoms with E-state index in [1.165, 1.54) is 24.9 Å². The Labute approximate surface area is 175 Å². The van der Waals surface area contributed by atoms with E-state index in [-0.39, 0.29) is 5.91 Å². The van der Waals surface area contributed by atoms with Crippen molar-refractivity contribution in [1.82, 2.24) is 4.98 Å². The lowest BCUT2D eigenvalue weighted by Gasteiger charge is -2.28. The third-order valence-electron chi connectivity index (χ3n) is 5.00. The average Bonchev–Trinajstić information content (AvgIpc) is 3.19. The summed E-state index contributed by atoms with van der Waals surface area (Å²) in [4.78, 5) is 19.4. The molecule has 1 aliphatic rings. The van der Waals surface area contributed by atoms with E-state index >= 15 is 0 Å². The number of rotatable bonds is 6. The molecule has 0 saturated carbocycles. The molecule has 0 radical (unpaired) electrons. The van der Waals surface area contributed by atoms with Crippen molar-refractivity contribution >= 4 is 28.6 Å². The van der Waals surface area contributed by atoms with E-state index in [9.17, 15) is 4.79 Å². The molecule has 3 aromatic rings. The average molecular weight is 408 g/mol. The Bertz CT molecular complexity index is 962. The van der Waals surface area contributed by atoms with Crippen molar-refractivity contribution < 1.29 is 9.53 Å². The second-order valence-electron chi connectivity index (χ2n) is 7.22. The summed E-state index contributed by atoms with van der Waals surface area (Å²) in [5.41, 5.74) is 3.48. The van der Waals surface area contributed by atoms with Gasteiger partial charge in [-0.2, -0.15) is 0 Å². The van der Waals surface area contributed by atoms with Gasteiger partial charge in [-0.25, -0.2) is 4.98 Å². The summed E-state index contributed by atoms with van der Waals surface area (Å²) in [5.74, 6) is 0.509. The summed E-state index contributed by atoms with van der Waals surface area (Å²) < 4.78 is 5.79. The van der Waals surface area contributed by atoms with Crippen molar-refractivity contribution in [3.63, 3.8) is 0 Å². The van der Waals surface area contributed by atoms with Crippen molar-refractivity contribution in [3.8, 4) is 5.75 Å². The molecule has 1 aliphatic heterocycles. The molecule has 1 saturated heterocycles. The van der Waals surface area contributed by atoms with Gasteiger partial charge in [-0.15, -0.1) is 11.3 Å². The fourth-order valence-electron chi connectivity index (χ4n) is 3.47. The summed E-state index contributed by atoms with van der Waals surface area (Å²) in [6.07, 6.45) is 3.81. The standard InChI is InChI=1S/C23H25N3O2S/c1-17-24-20(16-29-17)15-28-22-7-5-6-18(14-22)23(27)25-19-8-10-21(11-9-19)26-12-3-2-4-13-26/h5-11,14,16H,2-4,12-13,15H2,1H3,(H,25,27). The lowest BCUT2D eigenvalue weighted by atomic mass is 10.1. The number of hydrogen-bond acceptors (Lipinski definition) is 5. The Morgan fingerprint density at radius 3 is 2.66 bits per heavy atom. The van der Waals surface area contributed by atoms with Crippen LogP contribution in [0.4, 0.5) is 11.4 Å². The van der Waals surface area contributed by atoms with Crippen molar-refractivity contribution in [2.75, 3.05) is 23.3 Å². The highest BCUT2D eigenvalue weighted by Gasteiger charge is 2.12. The zero-order valence-electron chi connectivity index (χ0n) is 16.6. The largest absolute Gasteiger partial charge is 0.487 e. The third kappa shape index (κ3) is 5.15. The van der Waals surface area contributed by atoms with Gasteiger partial charge in [0.25, 0.3) is 5.91 Å². The molecule has 5 nitrogen and oxygen atoms in total. The van der Waals surface area contributed by atoms with E-state index in [4.69, 9.17) is 4.74 Å². The molecular weight excluding hydrogens is 382 g/mol. The molecule has 6 heteroatoms. The predicted octanol–water partition coefficient (Wildman–Crippen LogP) is 5.27. The maximum atomic E-state index is 12.6. The van der Waals surface area contributed by atoms with Crippen LogP contribution in [0.1, 0.15) is 40.3 Å². The maximum Gasteiger partial charge on any atom is 0.255 e. The minimum absolute atomic E-state index is 0.148. The number of aromatic nitrogens is 1. The lowest BCUT2D eigenvalue weighted by molar-refractivity contribution is 0.102. The van der Waals surface area contributed by atoms with Gasteiger partial charge in [0.15, 0.2) is 0 Å². The number of carbonyl (C=O) groups excluding carboxylic acids is 1. The van der Waals surface area contributed by atoms with Crippen LogP contribution in [0.3, 0.4) is 0 Å². The van der Waals surface area contributed by atoms with Crippen LogP contribution in [0.2, 0.25) is 0 Å². The molecule has 150 valence electrons. The van der Waals surface area contributed by atoms with Crippen LogP contribution >= 0.6 is 11.3 Å². The Balaban J connectivity index is 1.36. The second-order valence-corrected chi connectivity index (χ2v) is 8.29. The number of aryl methyl sites for hydroxylation is 1. The molecule has 0 bridgehead atoms. The number of nitrogens with zero attached hydrogens (tertiary/aromatic N) is 2. The van der Waals surface area contributed by atoms with Gasteiger partial charge in [0.2, 0.25) is 0 Å². The second kappa shape index (κ2) is 9.09. The SMILES string of the molecule is Cc1nc(COc2cccc(C(=O)Nc3ccc(N4CCCCC4)cc3)c2)cs1. The topological polar surface area (TPSA) is 54.5 Å². The first kappa shape index (κ1) is 19.5. The number of piperidine rings is 1. The quantitative estimate of drug-likeness (QED) is 0.604. The van der Waals surface area contributed by atoms with Gasteiger partial charge in [-0.1, -0.05) is 6.07 Å². The van der Waals surface area contributed by atoms with Crippen LogP contribution in [-0.2, 0) is 6.61 Å². The monoisotopic (exact) mass is 407 g/mol. The van der Waals surface area contributed by atoms with E-state index in [0.717, 1.165) is 29.5 Å². The molecule has 4 rings (SSSR count). The number of carbonyl (C=O) groups is 1. The van der Waals surface area contributed by atoms with Crippen LogP contribution in [-0.4, -0.2) is 24.0 Å². The molecule has 1 N–H and O–H groups in total. The molecule has 29 heavy (non-hydrogen) atoms. The van der Waals surface area contributed by atoms with Crippen LogP contribution in [0, 0.1) is 6.92 Å². The predicted molar refractivity (Wildman–Crippen MR) is 118 cm³/mol. The molecule has 0 unspecified atom stereocenters. The minimum Gasteiger partial charge on any atom is -0.487 e. The molecule has 1 fully saturated rings. The van der Waals surface area contributed by atoms with E-state index in [1.807, 2.05) is 36.6 Å². The van der Waals surface area contributed by atoms with E-state index in [1.54, 1.807) is 23.5 Å². The van der Waals surface area contributed by atoms with Gasteiger partial charge >= 0.3 is 0 Å². The maximum absolute atomic E-state index is 12.6. The Hall–Kier alpha value is -2.86. The van der Waals surface area contributed by atoms with Gasteiger partial charge < -0.3 is 15.0 Å². The zero-order valence-corrected chi connectivity index (χ0v) is 17.4. The molecule has 2 aromatic carbocycles. The molecule has 1 amide bonds. The minimum atomic E-state index is -0.148. The fourth-order valence-corrected chi connectivity index (χ4v) is 4.07. The summed E-state index contributed by atoms with van der Waals surface area (Å²) in [7, 11) is 0. The van der Waals surface area contributed by atoms with E-state index in [0.29, 0.717) is 17.9 Å². The van der Waals surface area contributed by atoms with Gasteiger partial charge in [0.1, 0.15) is 12.4 Å². The van der Waals surface area contributed by atoms with Crippen LogP contribution in [0.5, 0.6) is 5.75 Å². The molecule has 0 atom stereocenters. The highest BCUT2D eigenvalue weighted by molar-refractivity contribution is 7.09. The molecule has 2 heterocycles. The Kier molecular flexibility index (Phi) is 6.10. The normalized spacial score (nSPS) is 13.9. The van der Waals surface area contributed by atoms with Gasteiger partial charge in [0.05, 0.1) is 10.7 Å². The van der Waals surface area contributed by atoms with E-state index < -0.39 is 0 Å². The van der Waals surface area contributed by atoms with Crippen molar-refractivity contribution in [3.05, 3.63) is 70.2 Å². The number of nitrogens with one attached hydrogen (secondary N) is 1. The highest BCUT2D eigenvalue weighted by atomic mass is 32.1. The van der Waals surface area contributed by atoms with Crippen LogP contribution < -0.4 is 15.0 Å². The van der Waals surface area contributed by atoms with Crippen molar-refractivity contribution in [1.29, 1.82) is 0 Å². The van der Waals surface area contributed by atoms with Crippen LogP contribution in [0.25, 0.3) is 0 Å². The van der Waals surface area contributed by atoms with Crippen molar-refractivity contribution in [2.24, 2.45) is 0 Å². The zero-order chi connectivity index (χ0) is 20.1. The number of thiazole rings is 1. The van der Waals surface area contributed by atoms with Gasteiger partial charge in [-0.3, -0.25) is 4.79 Å². The van der Waals surface area contributed by atoms with Gasteiger partial charge in [-0.05, 0) is 68.7 Å². The van der Waals surface area contributed by atoms with E-state index in [2.05, 4.69) is 27.3 Å². The lowest BCUT2D eigenvalue weighted by Crippen LogP contribution is -2.29. The molecule has 1 aromatic heterocycles. The summed E-state index contributed by atoms with van der Waals surface area (Å²) >= 11 is 1.60. The summed E-state index contributed by atoms with van der Waals surface area (Å²) in [6, 6.07) is 15.3. The smallest absolute Gasteiger partial charge is 0.255 e. The van der Waals surface area contributed by atoms with Crippen molar-refractivity contribution in [2.45, 2.75) is 32.8 Å². The first-order valence-electron chi connectivity index (χ1n) is 9.97. The first-order chi connectivity index (χ1) is 14.2. The molecule has 0 aliphatic carbocycles. The highest BCUT2D eigenvalue weighted by Crippen LogP contribution is 2.23. The number of benzene rings is 2. The third-order valence-corrected chi connectivity index (χ3v) is 5.82. The molecular formula is C23H25N3O2S. The summed E-state index contributed by atoms with van der Waals surface area (Å²) in [6.45, 7) is 4.59. The van der Waals surface area contributed by atoms with Gasteiger partial charge in [0, 0.05) is 35.4 Å². The number of hydrogen-bond donors (Lipinski definition) is 1. The number of ether oxygens (including phenoxy) is 1.